The molecule has 0 heterocycles. The number of hydrogen-bond donors (Lipinski definition) is 1. The Morgan fingerprint density at radius 3 is 2.36 bits per heavy atom. The molecule has 2 aromatic rings. The van der Waals surface area contributed by atoms with E-state index in [2.05, 4.69) is 5.32 Å². The highest BCUT2D eigenvalue weighted by molar-refractivity contribution is 7.92. The van der Waals surface area contributed by atoms with Crippen molar-refractivity contribution in [3.05, 3.63) is 64.4 Å². The van der Waals surface area contributed by atoms with Gasteiger partial charge in [-0.3, -0.25) is 9.10 Å². The maximum absolute atomic E-state index is 13.0. The second-order valence-electron chi connectivity index (χ2n) is 5.64. The van der Waals surface area contributed by atoms with Crippen LogP contribution < -0.4 is 9.62 Å². The highest BCUT2D eigenvalue weighted by Crippen LogP contribution is 2.28. The predicted octanol–water partition coefficient (Wildman–Crippen LogP) is 3.37. The molecule has 0 saturated heterocycles. The number of sulfonamides is 1. The van der Waals surface area contributed by atoms with Crippen molar-refractivity contribution in [3.63, 3.8) is 0 Å². The average molecular weight is 385 g/mol. The topological polar surface area (TPSA) is 66.5 Å². The number of carbonyl (C=O) groups excluding carboxylic acids is 1. The smallest absolute Gasteiger partial charge is 0.251 e. The summed E-state index contributed by atoms with van der Waals surface area (Å²) < 4.78 is 37.4. The molecule has 25 heavy (non-hydrogen) atoms. The van der Waals surface area contributed by atoms with Gasteiger partial charge in [0.2, 0.25) is 10.0 Å². The maximum Gasteiger partial charge on any atom is 0.251 e. The van der Waals surface area contributed by atoms with Crippen LogP contribution in [0.15, 0.2) is 42.5 Å². The van der Waals surface area contributed by atoms with Crippen LogP contribution in [0.25, 0.3) is 0 Å². The lowest BCUT2D eigenvalue weighted by molar-refractivity contribution is 0.0940. The number of anilines is 1. The number of nitrogens with one attached hydrogen (secondary N) is 1. The van der Waals surface area contributed by atoms with Crippen molar-refractivity contribution < 1.29 is 17.6 Å². The van der Waals surface area contributed by atoms with Crippen LogP contribution in [0.3, 0.4) is 0 Å². The van der Waals surface area contributed by atoms with Crippen molar-refractivity contribution in [1.29, 1.82) is 0 Å². The van der Waals surface area contributed by atoms with Crippen LogP contribution in [-0.2, 0) is 10.0 Å². The molecule has 0 aliphatic heterocycles. The Balaban J connectivity index is 2.23. The number of amides is 1. The lowest BCUT2D eigenvalue weighted by Crippen LogP contribution is -2.28. The second-order valence-corrected chi connectivity index (χ2v) is 8.06. The molecule has 1 N–H and O–H groups in total. The summed E-state index contributed by atoms with van der Waals surface area (Å²) in [4.78, 5) is 12.4. The third-order valence-electron chi connectivity index (χ3n) is 3.76. The van der Waals surface area contributed by atoms with Crippen molar-refractivity contribution >= 4 is 33.2 Å². The molecule has 5 nitrogen and oxygen atoms in total. The summed E-state index contributed by atoms with van der Waals surface area (Å²) >= 11 is 6.04. The first-order valence-corrected chi connectivity index (χ1v) is 9.62. The summed E-state index contributed by atoms with van der Waals surface area (Å²) in [5, 5.41) is 3.00. The largest absolute Gasteiger partial charge is 0.346 e. The molecule has 0 aromatic heterocycles. The number of hydrogen-bond acceptors (Lipinski definition) is 3. The van der Waals surface area contributed by atoms with E-state index in [0.29, 0.717) is 0 Å². The maximum atomic E-state index is 13.0. The zero-order valence-corrected chi connectivity index (χ0v) is 15.5. The molecule has 0 spiro atoms. The fraction of sp³-hybridized carbons (Fsp3) is 0.235. The molecule has 0 bridgehead atoms. The van der Waals surface area contributed by atoms with Crippen molar-refractivity contribution in [2.24, 2.45) is 0 Å². The van der Waals surface area contributed by atoms with Gasteiger partial charge in [0.1, 0.15) is 5.82 Å². The Bertz CT molecular complexity index is 885. The summed E-state index contributed by atoms with van der Waals surface area (Å²) in [6, 6.07) is 9.86. The fourth-order valence-electron chi connectivity index (χ4n) is 2.19. The van der Waals surface area contributed by atoms with Crippen LogP contribution in [0.5, 0.6) is 0 Å². The summed E-state index contributed by atoms with van der Waals surface area (Å²) in [7, 11) is -2.15. The summed E-state index contributed by atoms with van der Waals surface area (Å²) in [6.07, 6.45) is 1.05. The first-order valence-electron chi connectivity index (χ1n) is 7.39. The Morgan fingerprint density at radius 1 is 1.20 bits per heavy atom. The van der Waals surface area contributed by atoms with Gasteiger partial charge in [-0.1, -0.05) is 23.7 Å². The average Bonchev–Trinajstić information content (AvgIpc) is 2.54. The van der Waals surface area contributed by atoms with Gasteiger partial charge >= 0.3 is 0 Å². The van der Waals surface area contributed by atoms with Crippen LogP contribution in [0, 0.1) is 5.82 Å². The molecular formula is C17H18ClFN2O3S. The molecule has 0 saturated carbocycles. The van der Waals surface area contributed by atoms with E-state index < -0.39 is 15.9 Å². The van der Waals surface area contributed by atoms with Gasteiger partial charge in [-0.05, 0) is 42.8 Å². The highest BCUT2D eigenvalue weighted by atomic mass is 35.5. The van der Waals surface area contributed by atoms with Gasteiger partial charge in [-0.2, -0.15) is 0 Å². The minimum absolute atomic E-state index is 0.214. The summed E-state index contributed by atoms with van der Waals surface area (Å²) in [6.45, 7) is 1.77. The quantitative estimate of drug-likeness (QED) is 0.859. The monoisotopic (exact) mass is 384 g/mol. The van der Waals surface area contributed by atoms with E-state index in [-0.39, 0.29) is 28.1 Å². The number of nitrogens with zero attached hydrogens (tertiary/aromatic N) is 1. The zero-order valence-electron chi connectivity index (χ0n) is 14.0. The lowest BCUT2D eigenvalue weighted by Gasteiger charge is -2.19. The Kier molecular flexibility index (Phi) is 5.69. The molecule has 8 heteroatoms. The summed E-state index contributed by atoms with van der Waals surface area (Å²) in [5.74, 6) is -0.745. The molecule has 2 aromatic carbocycles. The van der Waals surface area contributed by atoms with Gasteiger partial charge in [0.25, 0.3) is 5.91 Å². The van der Waals surface area contributed by atoms with Crippen molar-refractivity contribution in [2.45, 2.75) is 13.0 Å². The van der Waals surface area contributed by atoms with Crippen LogP contribution >= 0.6 is 11.6 Å². The predicted molar refractivity (Wildman–Crippen MR) is 97.0 cm³/mol. The van der Waals surface area contributed by atoms with Gasteiger partial charge in [0.15, 0.2) is 0 Å². The van der Waals surface area contributed by atoms with Crippen LogP contribution in [0.1, 0.15) is 28.9 Å². The van der Waals surface area contributed by atoms with Gasteiger partial charge < -0.3 is 5.32 Å². The Hall–Kier alpha value is -2.12. The Labute approximate surface area is 151 Å². The normalized spacial score (nSPS) is 12.5. The third kappa shape index (κ3) is 4.70. The number of halogens is 2. The molecule has 0 radical (unpaired) electrons. The molecule has 1 amide bonds. The molecule has 1 atom stereocenters. The van der Waals surface area contributed by atoms with E-state index in [1.165, 1.54) is 37.4 Å². The molecule has 0 unspecified atom stereocenters. The Morgan fingerprint density at radius 2 is 1.80 bits per heavy atom. The minimum Gasteiger partial charge on any atom is -0.346 e. The third-order valence-corrected chi connectivity index (χ3v) is 5.27. The van der Waals surface area contributed by atoms with E-state index in [9.17, 15) is 17.6 Å². The van der Waals surface area contributed by atoms with Gasteiger partial charge in [0.05, 0.1) is 23.0 Å². The first-order chi connectivity index (χ1) is 11.6. The molecule has 2 rings (SSSR count). The zero-order chi connectivity index (χ0) is 18.8. The van der Waals surface area contributed by atoms with Crippen LogP contribution in [-0.4, -0.2) is 27.6 Å². The number of carbonyl (C=O) groups is 1. The van der Waals surface area contributed by atoms with Crippen LogP contribution in [0.2, 0.25) is 5.02 Å². The van der Waals surface area contributed by atoms with Gasteiger partial charge in [0, 0.05) is 12.6 Å². The van der Waals surface area contributed by atoms with E-state index in [1.807, 2.05) is 0 Å². The minimum atomic E-state index is -3.51. The fourth-order valence-corrected chi connectivity index (χ4v) is 2.99. The van der Waals surface area contributed by atoms with E-state index in [4.69, 9.17) is 11.6 Å². The van der Waals surface area contributed by atoms with Crippen molar-refractivity contribution in [3.8, 4) is 0 Å². The van der Waals surface area contributed by atoms with Crippen molar-refractivity contribution in [1.82, 2.24) is 5.32 Å². The van der Waals surface area contributed by atoms with Crippen molar-refractivity contribution in [2.75, 3.05) is 17.6 Å². The molecule has 134 valence electrons. The van der Waals surface area contributed by atoms with E-state index in [0.717, 1.165) is 16.1 Å². The van der Waals surface area contributed by atoms with E-state index in [1.54, 1.807) is 19.1 Å². The lowest BCUT2D eigenvalue weighted by atomic mass is 10.1. The SMILES string of the molecule is C[C@@H](NC(=O)c1ccc(Cl)c(N(C)S(C)(=O)=O)c1)c1ccc(F)cc1. The van der Waals surface area contributed by atoms with Gasteiger partial charge in [-0.25, -0.2) is 12.8 Å². The number of benzene rings is 2. The van der Waals surface area contributed by atoms with Crippen LogP contribution in [0.4, 0.5) is 10.1 Å². The molecule has 0 aliphatic rings. The second kappa shape index (κ2) is 7.41. The molecule has 0 aliphatic carbocycles. The van der Waals surface area contributed by atoms with Gasteiger partial charge in [-0.15, -0.1) is 0 Å². The number of rotatable bonds is 5. The van der Waals surface area contributed by atoms with E-state index >= 15 is 0 Å². The molecule has 0 fully saturated rings. The first kappa shape index (κ1) is 19.2. The highest BCUT2D eigenvalue weighted by Gasteiger charge is 2.18. The standard InChI is InChI=1S/C17H18ClFN2O3S/c1-11(12-4-7-14(19)8-5-12)20-17(22)13-6-9-15(18)16(10-13)21(2)25(3,23)24/h4-11H,1-3H3,(H,20,22)/t11-/m1/s1. The summed E-state index contributed by atoms with van der Waals surface area (Å²) in [5.41, 5.74) is 1.23. The molecular weight excluding hydrogens is 367 g/mol.